The summed E-state index contributed by atoms with van der Waals surface area (Å²) in [6.45, 7) is 3.88. The Morgan fingerprint density at radius 3 is 2.44 bits per heavy atom. The van der Waals surface area contributed by atoms with Gasteiger partial charge in [0, 0.05) is 32.2 Å². The molecule has 176 valence electrons. The minimum absolute atomic E-state index is 0.398. The summed E-state index contributed by atoms with van der Waals surface area (Å²) in [6, 6.07) is 20.0. The van der Waals surface area contributed by atoms with Crippen molar-refractivity contribution in [3.8, 4) is 17.2 Å². The van der Waals surface area contributed by atoms with Crippen molar-refractivity contribution in [1.82, 2.24) is 9.21 Å². The first-order chi connectivity index (χ1) is 16.7. The molecule has 0 bridgehead atoms. The fraction of sp³-hybridized carbons (Fsp3) is 0.357. The Morgan fingerprint density at radius 2 is 1.59 bits per heavy atom. The molecule has 0 radical (unpaired) electrons. The molecule has 0 saturated carbocycles. The molecule has 0 N–H and O–H groups in total. The normalized spacial score (nSPS) is 19.4. The highest BCUT2D eigenvalue weighted by Crippen LogP contribution is 2.43. The van der Waals surface area contributed by atoms with Gasteiger partial charge in [0.05, 0.1) is 14.2 Å². The van der Waals surface area contributed by atoms with Crippen LogP contribution in [0.15, 0.2) is 54.6 Å². The monoisotopic (exact) mass is 474 g/mol. The lowest BCUT2D eigenvalue weighted by molar-refractivity contribution is 0.160. The highest BCUT2D eigenvalue weighted by molar-refractivity contribution is 7.92. The van der Waals surface area contributed by atoms with Gasteiger partial charge in [-0.15, -0.1) is 0 Å². The van der Waals surface area contributed by atoms with Crippen LogP contribution in [0.1, 0.15) is 39.4 Å². The Kier molecular flexibility index (Phi) is 5.89. The molecule has 1 unspecified atom stereocenters. The predicted molar refractivity (Wildman–Crippen MR) is 135 cm³/mol. The van der Waals surface area contributed by atoms with E-state index in [0.29, 0.717) is 6.04 Å². The number of hydrogen-bond acceptors (Lipinski definition) is 6. The van der Waals surface area contributed by atoms with E-state index in [0.717, 1.165) is 62.7 Å². The van der Waals surface area contributed by atoms with Crippen LogP contribution in [0.5, 0.6) is 17.2 Å². The van der Waals surface area contributed by atoms with E-state index in [1.54, 1.807) is 14.2 Å². The van der Waals surface area contributed by atoms with Gasteiger partial charge in [0.2, 0.25) is 0 Å². The van der Waals surface area contributed by atoms with Crippen LogP contribution in [0.4, 0.5) is 0 Å². The van der Waals surface area contributed by atoms with Crippen molar-refractivity contribution in [2.45, 2.75) is 38.4 Å². The summed E-state index contributed by atoms with van der Waals surface area (Å²) in [5, 5.41) is 0. The highest BCUT2D eigenvalue weighted by atomic mass is 32.2. The van der Waals surface area contributed by atoms with Crippen molar-refractivity contribution >= 4 is 12.2 Å². The smallest absolute Gasteiger partial charge is 0.181 e. The van der Waals surface area contributed by atoms with E-state index in [2.05, 4.69) is 63.8 Å². The van der Waals surface area contributed by atoms with Crippen molar-refractivity contribution in [3.05, 3.63) is 88.0 Å². The molecule has 6 rings (SSSR count). The van der Waals surface area contributed by atoms with Crippen molar-refractivity contribution < 1.29 is 13.7 Å². The molecule has 6 heteroatoms. The number of rotatable bonds is 5. The summed E-state index contributed by atoms with van der Waals surface area (Å²) >= 11 is 1.44. The Morgan fingerprint density at radius 1 is 0.765 bits per heavy atom. The number of methoxy groups -OCH3 is 2. The van der Waals surface area contributed by atoms with Gasteiger partial charge >= 0.3 is 0 Å². The minimum Gasteiger partial charge on any atom is -0.497 e. The van der Waals surface area contributed by atoms with Crippen LogP contribution < -0.4 is 13.7 Å². The van der Waals surface area contributed by atoms with Crippen molar-refractivity contribution in [2.75, 3.05) is 27.3 Å². The van der Waals surface area contributed by atoms with E-state index in [9.17, 15) is 0 Å². The van der Waals surface area contributed by atoms with Crippen molar-refractivity contribution in [3.63, 3.8) is 0 Å². The molecule has 34 heavy (non-hydrogen) atoms. The zero-order valence-corrected chi connectivity index (χ0v) is 20.6. The first-order valence-electron chi connectivity index (χ1n) is 12.0. The second-order valence-electron chi connectivity index (χ2n) is 9.32. The topological polar surface area (TPSA) is 34.2 Å². The summed E-state index contributed by atoms with van der Waals surface area (Å²) in [4.78, 5) is 2.59. The number of hydrogen-bond donors (Lipinski definition) is 0. The predicted octanol–water partition coefficient (Wildman–Crippen LogP) is 5.36. The number of fused-ring (bicyclic) bond motifs is 5. The maximum Gasteiger partial charge on any atom is 0.181 e. The summed E-state index contributed by atoms with van der Waals surface area (Å²) < 4.78 is 19.8. The lowest BCUT2D eigenvalue weighted by Gasteiger charge is -2.41. The van der Waals surface area contributed by atoms with Gasteiger partial charge in [-0.1, -0.05) is 30.3 Å². The zero-order valence-electron chi connectivity index (χ0n) is 19.8. The molecular weight excluding hydrogens is 444 g/mol. The molecule has 3 aliphatic rings. The summed E-state index contributed by atoms with van der Waals surface area (Å²) in [6.07, 6.45) is 3.10. The Labute approximate surface area is 206 Å². The van der Waals surface area contributed by atoms with Gasteiger partial charge in [0.1, 0.15) is 18.0 Å². The Bertz CT molecular complexity index is 1210. The number of ether oxygens (including phenoxy) is 2. The fourth-order valence-electron chi connectivity index (χ4n) is 5.55. The number of benzene rings is 3. The van der Waals surface area contributed by atoms with Crippen LogP contribution in [0, 0.1) is 0 Å². The third kappa shape index (κ3) is 4.04. The molecule has 0 aliphatic carbocycles. The quantitative estimate of drug-likeness (QED) is 0.366. The van der Waals surface area contributed by atoms with Gasteiger partial charge in [-0.3, -0.25) is 4.90 Å². The summed E-state index contributed by atoms with van der Waals surface area (Å²) in [5.74, 6) is 2.56. The molecule has 0 spiro atoms. The van der Waals surface area contributed by atoms with Crippen LogP contribution in [-0.2, 0) is 32.4 Å². The Hall–Kier alpha value is -2.67. The van der Waals surface area contributed by atoms with Crippen molar-refractivity contribution in [1.29, 1.82) is 0 Å². The average molecular weight is 475 g/mol. The minimum atomic E-state index is 0.398. The third-order valence-electron chi connectivity index (χ3n) is 7.42. The molecular formula is C28H30N2O3S. The molecule has 3 aliphatic heterocycles. The standard InChI is InChI=1S/C28H30N2O3S/c1-31-24-7-8-25-20(13-24)9-11-29-17-23-16-27(32-2)28(15-22(23)14-26(25)29)33-34-30-12-10-19-5-3-4-6-21(19)18-30/h3-8,13,15-16,26H,9-12,14,17-18H2,1-2H3. The second-order valence-corrected chi connectivity index (χ2v) is 10.1. The van der Waals surface area contributed by atoms with Crippen LogP contribution in [0.2, 0.25) is 0 Å². The third-order valence-corrected chi connectivity index (χ3v) is 8.20. The van der Waals surface area contributed by atoms with Gasteiger partial charge in [0.15, 0.2) is 11.5 Å². The molecule has 3 heterocycles. The molecule has 3 aromatic carbocycles. The van der Waals surface area contributed by atoms with Crippen LogP contribution in [0.25, 0.3) is 0 Å². The average Bonchev–Trinajstić information content (AvgIpc) is 2.89. The molecule has 0 aromatic heterocycles. The molecule has 0 amide bonds. The van der Waals surface area contributed by atoms with Gasteiger partial charge in [-0.25, -0.2) is 4.31 Å². The van der Waals surface area contributed by atoms with E-state index < -0.39 is 0 Å². The SMILES string of the molecule is COc1ccc2c(c1)CCN1Cc3cc(OC)c(OSN4CCc5ccccc5C4)cc3CC21. The molecule has 0 fully saturated rings. The van der Waals surface area contributed by atoms with E-state index >= 15 is 0 Å². The van der Waals surface area contributed by atoms with E-state index in [-0.39, 0.29) is 0 Å². The van der Waals surface area contributed by atoms with E-state index in [4.69, 9.17) is 13.7 Å². The fourth-order valence-corrected chi connectivity index (χ4v) is 6.23. The van der Waals surface area contributed by atoms with Gasteiger partial charge in [-0.05, 0) is 76.9 Å². The van der Waals surface area contributed by atoms with Crippen molar-refractivity contribution in [2.24, 2.45) is 0 Å². The second kappa shape index (κ2) is 9.17. The van der Waals surface area contributed by atoms with Gasteiger partial charge < -0.3 is 13.7 Å². The molecule has 5 nitrogen and oxygen atoms in total. The van der Waals surface area contributed by atoms with Crippen LogP contribution in [-0.4, -0.2) is 36.5 Å². The van der Waals surface area contributed by atoms with Crippen LogP contribution in [0.3, 0.4) is 0 Å². The van der Waals surface area contributed by atoms with Gasteiger partial charge in [0.25, 0.3) is 0 Å². The summed E-state index contributed by atoms with van der Waals surface area (Å²) in [5.41, 5.74) is 8.36. The Balaban J connectivity index is 1.22. The molecule has 1 atom stereocenters. The maximum absolute atomic E-state index is 6.27. The summed E-state index contributed by atoms with van der Waals surface area (Å²) in [7, 11) is 3.47. The maximum atomic E-state index is 6.27. The first-order valence-corrected chi connectivity index (χ1v) is 12.7. The lowest BCUT2D eigenvalue weighted by Crippen LogP contribution is -2.39. The highest BCUT2D eigenvalue weighted by Gasteiger charge is 2.33. The van der Waals surface area contributed by atoms with E-state index in [1.807, 2.05) is 0 Å². The largest absolute Gasteiger partial charge is 0.497 e. The zero-order chi connectivity index (χ0) is 23.1. The molecule has 3 aromatic rings. The molecule has 0 saturated heterocycles. The first kappa shape index (κ1) is 21.8. The van der Waals surface area contributed by atoms with E-state index in [1.165, 1.54) is 45.6 Å². The van der Waals surface area contributed by atoms with Gasteiger partial charge in [-0.2, -0.15) is 0 Å². The number of nitrogens with zero attached hydrogens (tertiary/aromatic N) is 2. The lowest BCUT2D eigenvalue weighted by atomic mass is 9.84. The van der Waals surface area contributed by atoms with Crippen LogP contribution >= 0.6 is 12.2 Å².